The molecule has 1 N–H and O–H groups in total. The zero-order valence-electron chi connectivity index (χ0n) is 8.55. The molecule has 3 atom stereocenters. The highest BCUT2D eigenvalue weighted by Gasteiger charge is 2.37. The van der Waals surface area contributed by atoms with Crippen molar-refractivity contribution in [2.45, 2.75) is 25.1 Å². The number of alkyl halides is 1. The Morgan fingerprint density at radius 1 is 1.62 bits per heavy atom. The van der Waals surface area contributed by atoms with Crippen molar-refractivity contribution in [3.8, 4) is 0 Å². The van der Waals surface area contributed by atoms with Crippen LogP contribution in [0.5, 0.6) is 0 Å². The van der Waals surface area contributed by atoms with Gasteiger partial charge in [-0.15, -0.1) is 0 Å². The molecule has 1 aromatic heterocycles. The summed E-state index contributed by atoms with van der Waals surface area (Å²) in [5.74, 6) is 0. The van der Waals surface area contributed by atoms with Gasteiger partial charge in [-0.25, -0.2) is 9.18 Å². The van der Waals surface area contributed by atoms with Crippen molar-refractivity contribution in [2.24, 2.45) is 0 Å². The minimum absolute atomic E-state index is 0.0622. The van der Waals surface area contributed by atoms with Gasteiger partial charge in [-0.3, -0.25) is 14.3 Å². The predicted octanol–water partition coefficient (Wildman–Crippen LogP) is -0.234. The summed E-state index contributed by atoms with van der Waals surface area (Å²) < 4.78 is 24.6. The summed E-state index contributed by atoms with van der Waals surface area (Å²) >= 11 is 0. The first-order valence-corrected chi connectivity index (χ1v) is 4.75. The highest BCUT2D eigenvalue weighted by molar-refractivity contribution is 4.87. The van der Waals surface area contributed by atoms with Gasteiger partial charge in [0.05, 0.1) is 0 Å². The molecule has 88 valence electrons. The van der Waals surface area contributed by atoms with Crippen LogP contribution in [0.25, 0.3) is 0 Å². The van der Waals surface area contributed by atoms with E-state index in [0.717, 1.165) is 10.6 Å². The highest BCUT2D eigenvalue weighted by atomic mass is 19.1. The number of hydrogen-bond acceptors (Lipinski definition) is 4. The fourth-order valence-corrected chi connectivity index (χ4v) is 1.62. The fraction of sp³-hybridized carbons (Fsp3) is 0.556. The molecule has 1 aliphatic rings. The average Bonchev–Trinajstić information content (AvgIpc) is 2.60. The Morgan fingerprint density at radius 2 is 2.38 bits per heavy atom. The fourth-order valence-electron chi connectivity index (χ4n) is 1.62. The molecule has 0 bridgehead atoms. The van der Waals surface area contributed by atoms with Gasteiger partial charge in [0, 0.05) is 25.8 Å². The third-order valence-electron chi connectivity index (χ3n) is 2.41. The van der Waals surface area contributed by atoms with Crippen molar-refractivity contribution in [3.05, 3.63) is 33.1 Å². The van der Waals surface area contributed by atoms with Crippen molar-refractivity contribution in [2.75, 3.05) is 7.11 Å². The maximum absolute atomic E-state index is 13.5. The Bertz CT molecular complexity index is 483. The van der Waals surface area contributed by atoms with Crippen LogP contribution in [0.15, 0.2) is 21.9 Å². The Hall–Kier alpha value is -1.47. The second-order valence-electron chi connectivity index (χ2n) is 3.46. The van der Waals surface area contributed by atoms with Crippen molar-refractivity contribution >= 4 is 0 Å². The second kappa shape index (κ2) is 4.18. The lowest BCUT2D eigenvalue weighted by Crippen LogP contribution is -2.34. The molecular formula is C9H11FN2O4. The standard InChI is InChI=1S/C9H11FN2O4/c1-15-7-4-5(10)8(16-7)12-3-2-6(13)11-9(12)14/h2-3,5,7-8H,4H2,1H3,(H,11,13,14)/t5-,7-,8+/m0/s1. The average molecular weight is 230 g/mol. The molecule has 0 aliphatic carbocycles. The van der Waals surface area contributed by atoms with E-state index in [4.69, 9.17) is 9.47 Å². The van der Waals surface area contributed by atoms with Crippen LogP contribution in [-0.2, 0) is 9.47 Å². The van der Waals surface area contributed by atoms with E-state index in [1.807, 2.05) is 4.98 Å². The van der Waals surface area contributed by atoms with E-state index in [1.165, 1.54) is 13.3 Å². The lowest BCUT2D eigenvalue weighted by molar-refractivity contribution is -0.137. The maximum atomic E-state index is 13.5. The van der Waals surface area contributed by atoms with Crippen molar-refractivity contribution < 1.29 is 13.9 Å². The van der Waals surface area contributed by atoms with Crippen molar-refractivity contribution in [3.63, 3.8) is 0 Å². The lowest BCUT2D eigenvalue weighted by Gasteiger charge is -2.15. The van der Waals surface area contributed by atoms with Gasteiger partial charge in [0.25, 0.3) is 5.56 Å². The number of hydrogen-bond donors (Lipinski definition) is 1. The molecular weight excluding hydrogens is 219 g/mol. The van der Waals surface area contributed by atoms with E-state index in [-0.39, 0.29) is 6.42 Å². The van der Waals surface area contributed by atoms with Gasteiger partial charge in [0.1, 0.15) is 0 Å². The van der Waals surface area contributed by atoms with E-state index in [2.05, 4.69) is 0 Å². The van der Waals surface area contributed by atoms with Gasteiger partial charge < -0.3 is 9.47 Å². The first-order valence-electron chi connectivity index (χ1n) is 4.75. The van der Waals surface area contributed by atoms with Gasteiger partial charge in [-0.1, -0.05) is 0 Å². The number of methoxy groups -OCH3 is 1. The summed E-state index contributed by atoms with van der Waals surface area (Å²) in [5, 5.41) is 0. The third kappa shape index (κ3) is 1.91. The Labute approximate surface area is 89.6 Å². The topological polar surface area (TPSA) is 73.3 Å². The van der Waals surface area contributed by atoms with Gasteiger partial charge in [-0.05, 0) is 0 Å². The quantitative estimate of drug-likeness (QED) is 0.761. The maximum Gasteiger partial charge on any atom is 0.330 e. The van der Waals surface area contributed by atoms with Crippen LogP contribution in [0.4, 0.5) is 4.39 Å². The number of aromatic amines is 1. The van der Waals surface area contributed by atoms with Gasteiger partial charge in [0.2, 0.25) is 0 Å². The highest BCUT2D eigenvalue weighted by Crippen LogP contribution is 2.30. The van der Waals surface area contributed by atoms with Crippen LogP contribution in [-0.4, -0.2) is 29.1 Å². The van der Waals surface area contributed by atoms with Crippen LogP contribution in [0.1, 0.15) is 12.6 Å². The molecule has 1 saturated heterocycles. The van der Waals surface area contributed by atoms with Crippen LogP contribution in [0.2, 0.25) is 0 Å². The number of ether oxygens (including phenoxy) is 2. The number of H-pyrrole nitrogens is 1. The Balaban J connectivity index is 2.31. The van der Waals surface area contributed by atoms with E-state index < -0.39 is 29.9 Å². The molecule has 2 rings (SSSR count). The third-order valence-corrected chi connectivity index (χ3v) is 2.41. The van der Waals surface area contributed by atoms with Gasteiger partial charge >= 0.3 is 5.69 Å². The smallest absolute Gasteiger partial charge is 0.330 e. The largest absolute Gasteiger partial charge is 0.356 e. The molecule has 16 heavy (non-hydrogen) atoms. The molecule has 1 fully saturated rings. The minimum atomic E-state index is -1.34. The summed E-state index contributed by atoms with van der Waals surface area (Å²) in [4.78, 5) is 24.3. The molecule has 0 unspecified atom stereocenters. The number of rotatable bonds is 2. The zero-order valence-corrected chi connectivity index (χ0v) is 8.55. The van der Waals surface area contributed by atoms with Crippen molar-refractivity contribution in [1.29, 1.82) is 0 Å². The summed E-state index contributed by atoms with van der Waals surface area (Å²) in [6.45, 7) is 0. The van der Waals surface area contributed by atoms with Gasteiger partial charge in [-0.2, -0.15) is 0 Å². The molecule has 0 aromatic carbocycles. The number of halogens is 1. The Kier molecular flexibility index (Phi) is 2.88. The van der Waals surface area contributed by atoms with Crippen LogP contribution in [0, 0.1) is 0 Å². The predicted molar refractivity (Wildman–Crippen MR) is 51.8 cm³/mol. The lowest BCUT2D eigenvalue weighted by atomic mass is 10.3. The molecule has 0 saturated carbocycles. The first kappa shape index (κ1) is 11.0. The monoisotopic (exact) mass is 230 g/mol. The van der Waals surface area contributed by atoms with Crippen LogP contribution in [0.3, 0.4) is 0 Å². The summed E-state index contributed by atoms with van der Waals surface area (Å²) in [6.07, 6.45) is -1.79. The van der Waals surface area contributed by atoms with E-state index in [1.54, 1.807) is 0 Å². The minimum Gasteiger partial charge on any atom is -0.356 e. The van der Waals surface area contributed by atoms with Gasteiger partial charge in [0.15, 0.2) is 18.7 Å². The molecule has 0 spiro atoms. The first-order chi connectivity index (χ1) is 7.61. The summed E-state index contributed by atoms with van der Waals surface area (Å²) in [5.41, 5.74) is -1.23. The summed E-state index contributed by atoms with van der Waals surface area (Å²) in [7, 11) is 1.40. The van der Waals surface area contributed by atoms with E-state index in [9.17, 15) is 14.0 Å². The Morgan fingerprint density at radius 3 is 2.94 bits per heavy atom. The molecule has 0 amide bonds. The molecule has 0 radical (unpaired) electrons. The van der Waals surface area contributed by atoms with Crippen LogP contribution < -0.4 is 11.2 Å². The summed E-state index contributed by atoms with van der Waals surface area (Å²) in [6, 6.07) is 1.14. The normalized spacial score (nSPS) is 29.5. The van der Waals surface area contributed by atoms with E-state index >= 15 is 0 Å². The molecule has 6 nitrogen and oxygen atoms in total. The SMILES string of the molecule is CO[C@@H]1C[C@H](F)[C@H](n2ccc(=O)[nH]c2=O)O1. The zero-order chi connectivity index (χ0) is 11.7. The molecule has 2 heterocycles. The molecule has 1 aromatic rings. The molecule has 1 aliphatic heterocycles. The number of aromatic nitrogens is 2. The number of nitrogens with one attached hydrogen (secondary N) is 1. The molecule has 7 heteroatoms. The number of nitrogens with zero attached hydrogens (tertiary/aromatic N) is 1. The van der Waals surface area contributed by atoms with Crippen molar-refractivity contribution in [1.82, 2.24) is 9.55 Å². The van der Waals surface area contributed by atoms with Crippen LogP contribution >= 0.6 is 0 Å². The van der Waals surface area contributed by atoms with E-state index in [0.29, 0.717) is 0 Å². The second-order valence-corrected chi connectivity index (χ2v) is 3.46.